The highest BCUT2D eigenvalue weighted by atomic mass is 32.2. The summed E-state index contributed by atoms with van der Waals surface area (Å²) < 4.78 is 53.4. The predicted octanol–water partition coefficient (Wildman–Crippen LogP) is 2.60. The van der Waals surface area contributed by atoms with E-state index in [1.165, 1.54) is 30.3 Å². The Morgan fingerprint density at radius 1 is 0.929 bits per heavy atom. The lowest BCUT2D eigenvalue weighted by Gasteiger charge is -2.36. The number of piperazine rings is 1. The number of sulfonamides is 1. The molecule has 152 valence electrons. The molecule has 2 aromatic carbocycles. The fourth-order valence-electron chi connectivity index (χ4n) is 3.28. The summed E-state index contributed by atoms with van der Waals surface area (Å²) in [6.07, 6.45) is 0.688. The van der Waals surface area contributed by atoms with E-state index in [1.807, 2.05) is 0 Å². The first-order valence-electron chi connectivity index (χ1n) is 9.36. The molecule has 0 unspecified atom stereocenters. The van der Waals surface area contributed by atoms with Crippen LogP contribution in [-0.2, 0) is 15.8 Å². The van der Waals surface area contributed by atoms with Gasteiger partial charge in [-0.15, -0.1) is 0 Å². The van der Waals surface area contributed by atoms with E-state index in [4.69, 9.17) is 0 Å². The molecule has 0 bridgehead atoms. The SMILES string of the molecule is O=S(=O)(Cc1ccccc1F)NCCCN1CCN(c2ccc(F)cc2)CC1. The Balaban J connectivity index is 1.37. The summed E-state index contributed by atoms with van der Waals surface area (Å²) in [6.45, 7) is 4.57. The monoisotopic (exact) mass is 409 g/mol. The van der Waals surface area contributed by atoms with Crippen molar-refractivity contribution >= 4 is 15.7 Å². The number of halogens is 2. The molecule has 3 rings (SSSR count). The van der Waals surface area contributed by atoms with Crippen LogP contribution in [-0.4, -0.2) is 52.6 Å². The molecule has 1 aliphatic heterocycles. The van der Waals surface area contributed by atoms with Crippen LogP contribution in [0.5, 0.6) is 0 Å². The number of hydrogen-bond donors (Lipinski definition) is 1. The van der Waals surface area contributed by atoms with E-state index >= 15 is 0 Å². The summed E-state index contributed by atoms with van der Waals surface area (Å²) in [5.74, 6) is -1.09. The van der Waals surface area contributed by atoms with Crippen LogP contribution in [0.4, 0.5) is 14.5 Å². The average Bonchev–Trinajstić information content (AvgIpc) is 2.68. The average molecular weight is 410 g/mol. The fourth-order valence-corrected chi connectivity index (χ4v) is 4.48. The van der Waals surface area contributed by atoms with E-state index in [1.54, 1.807) is 18.2 Å². The van der Waals surface area contributed by atoms with E-state index in [9.17, 15) is 17.2 Å². The molecular formula is C20H25F2N3O2S. The minimum Gasteiger partial charge on any atom is -0.369 e. The van der Waals surface area contributed by atoms with Gasteiger partial charge in [0.25, 0.3) is 0 Å². The Hall–Kier alpha value is -2.03. The number of anilines is 1. The normalized spacial score (nSPS) is 15.7. The minimum absolute atomic E-state index is 0.173. The summed E-state index contributed by atoms with van der Waals surface area (Å²) in [5.41, 5.74) is 1.19. The molecule has 0 radical (unpaired) electrons. The van der Waals surface area contributed by atoms with Crippen LogP contribution in [0.25, 0.3) is 0 Å². The van der Waals surface area contributed by atoms with Gasteiger partial charge in [-0.3, -0.25) is 4.90 Å². The molecular weight excluding hydrogens is 384 g/mol. The number of hydrogen-bond acceptors (Lipinski definition) is 4. The Morgan fingerprint density at radius 2 is 1.61 bits per heavy atom. The molecule has 0 aliphatic carbocycles. The van der Waals surface area contributed by atoms with Gasteiger partial charge in [0.05, 0.1) is 5.75 Å². The fraction of sp³-hybridized carbons (Fsp3) is 0.400. The molecule has 0 spiro atoms. The Bertz CT molecular complexity index is 867. The van der Waals surface area contributed by atoms with Crippen molar-refractivity contribution in [3.05, 3.63) is 65.7 Å². The zero-order chi connectivity index (χ0) is 20.0. The Labute approximate surface area is 165 Å². The van der Waals surface area contributed by atoms with Crippen molar-refractivity contribution < 1.29 is 17.2 Å². The highest BCUT2D eigenvalue weighted by Crippen LogP contribution is 2.17. The highest BCUT2D eigenvalue weighted by Gasteiger charge is 2.18. The molecule has 0 aromatic heterocycles. The van der Waals surface area contributed by atoms with Gasteiger partial charge in [-0.2, -0.15) is 0 Å². The van der Waals surface area contributed by atoms with Gasteiger partial charge in [-0.05, 0) is 43.3 Å². The molecule has 1 saturated heterocycles. The van der Waals surface area contributed by atoms with E-state index in [0.717, 1.165) is 38.4 Å². The standard InChI is InChI=1S/C20H25F2N3O2S/c21-18-6-8-19(9-7-18)25-14-12-24(13-15-25)11-3-10-23-28(26,27)16-17-4-1-2-5-20(17)22/h1-2,4-9,23H,3,10-16H2. The van der Waals surface area contributed by atoms with Gasteiger partial charge in [0.2, 0.25) is 10.0 Å². The van der Waals surface area contributed by atoms with Crippen molar-refractivity contribution in [1.29, 1.82) is 0 Å². The third-order valence-corrected chi connectivity index (χ3v) is 6.18. The first kappa shape index (κ1) is 20.7. The highest BCUT2D eigenvalue weighted by molar-refractivity contribution is 7.88. The molecule has 1 heterocycles. The lowest BCUT2D eigenvalue weighted by Crippen LogP contribution is -2.47. The van der Waals surface area contributed by atoms with Crippen LogP contribution >= 0.6 is 0 Å². The number of nitrogens with zero attached hydrogens (tertiary/aromatic N) is 2. The topological polar surface area (TPSA) is 52.7 Å². The molecule has 0 atom stereocenters. The van der Waals surface area contributed by atoms with Crippen molar-refractivity contribution in [3.8, 4) is 0 Å². The van der Waals surface area contributed by atoms with Crippen LogP contribution < -0.4 is 9.62 Å². The molecule has 0 amide bonds. The smallest absolute Gasteiger partial charge is 0.215 e. The van der Waals surface area contributed by atoms with Gasteiger partial charge in [-0.25, -0.2) is 21.9 Å². The zero-order valence-corrected chi connectivity index (χ0v) is 16.5. The van der Waals surface area contributed by atoms with Gasteiger partial charge < -0.3 is 4.90 Å². The van der Waals surface area contributed by atoms with Gasteiger partial charge in [0, 0.05) is 44.0 Å². The molecule has 2 aromatic rings. The van der Waals surface area contributed by atoms with Gasteiger partial charge in [0.1, 0.15) is 11.6 Å². The maximum atomic E-state index is 13.6. The molecule has 28 heavy (non-hydrogen) atoms. The summed E-state index contributed by atoms with van der Waals surface area (Å²) in [6, 6.07) is 12.4. The molecule has 1 fully saturated rings. The van der Waals surface area contributed by atoms with Crippen molar-refractivity contribution in [2.75, 3.05) is 44.2 Å². The van der Waals surface area contributed by atoms with Gasteiger partial charge >= 0.3 is 0 Å². The number of nitrogens with one attached hydrogen (secondary N) is 1. The van der Waals surface area contributed by atoms with E-state index < -0.39 is 15.8 Å². The van der Waals surface area contributed by atoms with Gasteiger partial charge in [0.15, 0.2) is 0 Å². The molecule has 0 saturated carbocycles. The second kappa shape index (κ2) is 9.45. The number of rotatable bonds is 8. The lowest BCUT2D eigenvalue weighted by molar-refractivity contribution is 0.255. The summed E-state index contributed by atoms with van der Waals surface area (Å²) in [5, 5.41) is 0. The molecule has 1 aliphatic rings. The summed E-state index contributed by atoms with van der Waals surface area (Å²) in [7, 11) is -3.56. The molecule has 1 N–H and O–H groups in total. The van der Waals surface area contributed by atoms with E-state index in [-0.39, 0.29) is 17.1 Å². The van der Waals surface area contributed by atoms with Crippen LogP contribution in [0, 0.1) is 11.6 Å². The zero-order valence-electron chi connectivity index (χ0n) is 15.7. The van der Waals surface area contributed by atoms with Crippen molar-refractivity contribution in [2.24, 2.45) is 0 Å². The Morgan fingerprint density at radius 3 is 2.29 bits per heavy atom. The third-order valence-electron chi connectivity index (χ3n) is 4.84. The maximum absolute atomic E-state index is 13.6. The second-order valence-electron chi connectivity index (χ2n) is 6.90. The Kier molecular flexibility index (Phi) is 6.98. The summed E-state index contributed by atoms with van der Waals surface area (Å²) >= 11 is 0. The first-order valence-corrected chi connectivity index (χ1v) is 11.0. The minimum atomic E-state index is -3.56. The predicted molar refractivity (Wildman–Crippen MR) is 107 cm³/mol. The van der Waals surface area contributed by atoms with Crippen LogP contribution in [0.1, 0.15) is 12.0 Å². The number of benzene rings is 2. The van der Waals surface area contributed by atoms with Gasteiger partial charge in [-0.1, -0.05) is 18.2 Å². The van der Waals surface area contributed by atoms with Crippen LogP contribution in [0.15, 0.2) is 48.5 Å². The maximum Gasteiger partial charge on any atom is 0.215 e. The van der Waals surface area contributed by atoms with Crippen LogP contribution in [0.2, 0.25) is 0 Å². The van der Waals surface area contributed by atoms with Crippen molar-refractivity contribution in [3.63, 3.8) is 0 Å². The first-order chi connectivity index (χ1) is 13.4. The quantitative estimate of drug-likeness (QED) is 0.681. The van der Waals surface area contributed by atoms with E-state index in [2.05, 4.69) is 14.5 Å². The lowest BCUT2D eigenvalue weighted by atomic mass is 10.2. The van der Waals surface area contributed by atoms with Crippen molar-refractivity contribution in [1.82, 2.24) is 9.62 Å². The van der Waals surface area contributed by atoms with Crippen LogP contribution in [0.3, 0.4) is 0 Å². The second-order valence-corrected chi connectivity index (χ2v) is 8.71. The molecule has 5 nitrogen and oxygen atoms in total. The third kappa shape index (κ3) is 5.98. The molecule has 8 heteroatoms. The van der Waals surface area contributed by atoms with E-state index in [0.29, 0.717) is 13.0 Å². The summed E-state index contributed by atoms with van der Waals surface area (Å²) in [4.78, 5) is 4.50. The largest absolute Gasteiger partial charge is 0.369 e. The van der Waals surface area contributed by atoms with Crippen molar-refractivity contribution in [2.45, 2.75) is 12.2 Å².